The number of nitrogens with zero attached hydrogens (tertiary/aromatic N) is 2. The molecule has 3 rings (SSSR count). The summed E-state index contributed by atoms with van der Waals surface area (Å²) in [6.07, 6.45) is 3.56. The van der Waals surface area contributed by atoms with Gasteiger partial charge in [0.25, 0.3) is 5.91 Å². The fourth-order valence-corrected chi connectivity index (χ4v) is 3.14. The standard InChI is InChI=1S/C18H19N3O2S/c1-23-7-6-21(12-14-5-8-24-13-14)18(22)16-4-2-3-15(9-16)17-10-19-20-11-17/h2-5,8-11,13H,6-7,12H2,1H3,(H,19,20). The Hall–Kier alpha value is -2.44. The third-order valence-electron chi connectivity index (χ3n) is 3.75. The zero-order chi connectivity index (χ0) is 16.8. The van der Waals surface area contributed by atoms with Crippen molar-refractivity contribution in [3.05, 3.63) is 64.6 Å². The minimum absolute atomic E-state index is 0.00333. The highest BCUT2D eigenvalue weighted by atomic mass is 32.1. The van der Waals surface area contributed by atoms with Crippen LogP contribution in [0.1, 0.15) is 15.9 Å². The number of nitrogens with one attached hydrogen (secondary N) is 1. The Kier molecular flexibility index (Phi) is 5.40. The molecule has 0 saturated heterocycles. The Labute approximate surface area is 144 Å². The Morgan fingerprint density at radius 2 is 2.25 bits per heavy atom. The van der Waals surface area contributed by atoms with Gasteiger partial charge in [-0.1, -0.05) is 12.1 Å². The molecule has 0 saturated carbocycles. The predicted octanol–water partition coefficient (Wildman–Crippen LogP) is 3.43. The maximum Gasteiger partial charge on any atom is 0.254 e. The first-order valence-electron chi connectivity index (χ1n) is 7.66. The lowest BCUT2D eigenvalue weighted by Crippen LogP contribution is -2.33. The number of benzene rings is 1. The number of amides is 1. The van der Waals surface area contributed by atoms with Gasteiger partial charge in [-0.3, -0.25) is 9.89 Å². The van der Waals surface area contributed by atoms with Crippen molar-refractivity contribution >= 4 is 17.2 Å². The van der Waals surface area contributed by atoms with E-state index in [9.17, 15) is 4.79 Å². The number of carbonyl (C=O) groups excluding carboxylic acids is 1. The molecule has 0 aliphatic carbocycles. The van der Waals surface area contributed by atoms with Crippen LogP contribution in [-0.4, -0.2) is 41.3 Å². The quantitative estimate of drug-likeness (QED) is 0.716. The van der Waals surface area contributed by atoms with E-state index < -0.39 is 0 Å². The summed E-state index contributed by atoms with van der Waals surface area (Å²) in [5.74, 6) is 0.00333. The predicted molar refractivity (Wildman–Crippen MR) is 95.0 cm³/mol. The minimum Gasteiger partial charge on any atom is -0.383 e. The van der Waals surface area contributed by atoms with Crippen molar-refractivity contribution in [2.45, 2.75) is 6.54 Å². The van der Waals surface area contributed by atoms with Gasteiger partial charge in [0.05, 0.1) is 12.8 Å². The van der Waals surface area contributed by atoms with Gasteiger partial charge in [-0.15, -0.1) is 0 Å². The van der Waals surface area contributed by atoms with Gasteiger partial charge in [-0.2, -0.15) is 16.4 Å². The molecule has 0 aliphatic heterocycles. The molecule has 2 heterocycles. The lowest BCUT2D eigenvalue weighted by Gasteiger charge is -2.22. The number of hydrogen-bond acceptors (Lipinski definition) is 4. The first-order valence-corrected chi connectivity index (χ1v) is 8.60. The van der Waals surface area contributed by atoms with Crippen LogP contribution in [0.15, 0.2) is 53.5 Å². The fourth-order valence-electron chi connectivity index (χ4n) is 2.48. The number of methoxy groups -OCH3 is 1. The maximum absolute atomic E-state index is 12.9. The second-order valence-electron chi connectivity index (χ2n) is 5.42. The smallest absolute Gasteiger partial charge is 0.254 e. The van der Waals surface area contributed by atoms with Gasteiger partial charge in [0.15, 0.2) is 0 Å². The Bertz CT molecular complexity index is 769. The second-order valence-corrected chi connectivity index (χ2v) is 6.20. The zero-order valence-corrected chi connectivity index (χ0v) is 14.3. The summed E-state index contributed by atoms with van der Waals surface area (Å²) < 4.78 is 5.16. The summed E-state index contributed by atoms with van der Waals surface area (Å²) in [4.78, 5) is 14.8. The minimum atomic E-state index is 0.00333. The molecule has 2 aromatic heterocycles. The van der Waals surface area contributed by atoms with Crippen molar-refractivity contribution in [1.29, 1.82) is 0 Å². The second kappa shape index (κ2) is 7.90. The molecule has 0 unspecified atom stereocenters. The van der Waals surface area contributed by atoms with Crippen molar-refractivity contribution in [2.24, 2.45) is 0 Å². The Morgan fingerprint density at radius 3 is 2.96 bits per heavy atom. The first-order chi connectivity index (χ1) is 11.8. The Morgan fingerprint density at radius 1 is 1.33 bits per heavy atom. The van der Waals surface area contributed by atoms with Crippen molar-refractivity contribution in [3.63, 3.8) is 0 Å². The van der Waals surface area contributed by atoms with Gasteiger partial charge in [0, 0.05) is 37.5 Å². The lowest BCUT2D eigenvalue weighted by molar-refractivity contribution is 0.0680. The summed E-state index contributed by atoms with van der Waals surface area (Å²) in [6.45, 7) is 1.65. The Balaban J connectivity index is 1.82. The largest absolute Gasteiger partial charge is 0.383 e. The van der Waals surface area contributed by atoms with Gasteiger partial charge in [0.2, 0.25) is 0 Å². The highest BCUT2D eigenvalue weighted by Crippen LogP contribution is 2.20. The number of ether oxygens (including phenoxy) is 1. The molecule has 6 heteroatoms. The van der Waals surface area contributed by atoms with Gasteiger partial charge < -0.3 is 9.64 Å². The summed E-state index contributed by atoms with van der Waals surface area (Å²) >= 11 is 1.63. The van der Waals surface area contributed by atoms with Crippen LogP contribution in [-0.2, 0) is 11.3 Å². The van der Waals surface area contributed by atoms with Gasteiger partial charge in [-0.05, 0) is 40.1 Å². The number of H-pyrrole nitrogens is 1. The van der Waals surface area contributed by atoms with E-state index >= 15 is 0 Å². The summed E-state index contributed by atoms with van der Waals surface area (Å²) in [7, 11) is 1.65. The van der Waals surface area contributed by atoms with E-state index in [0.29, 0.717) is 25.3 Å². The van der Waals surface area contributed by atoms with E-state index in [4.69, 9.17) is 4.74 Å². The molecule has 1 aromatic carbocycles. The zero-order valence-electron chi connectivity index (χ0n) is 13.4. The average Bonchev–Trinajstić information content (AvgIpc) is 3.31. The molecule has 1 N–H and O–H groups in total. The van der Waals surface area contributed by atoms with E-state index in [1.807, 2.05) is 46.8 Å². The summed E-state index contributed by atoms with van der Waals surface area (Å²) in [5, 5.41) is 10.8. The molecule has 0 aliphatic rings. The van der Waals surface area contributed by atoms with Crippen LogP contribution in [0, 0.1) is 0 Å². The maximum atomic E-state index is 12.9. The van der Waals surface area contributed by atoms with Crippen LogP contribution >= 0.6 is 11.3 Å². The van der Waals surface area contributed by atoms with Crippen LogP contribution < -0.4 is 0 Å². The molecule has 3 aromatic rings. The number of aromatic nitrogens is 2. The number of rotatable bonds is 7. The van der Waals surface area contributed by atoms with Crippen LogP contribution in [0.4, 0.5) is 0 Å². The molecular formula is C18H19N3O2S. The van der Waals surface area contributed by atoms with Crippen molar-refractivity contribution in [2.75, 3.05) is 20.3 Å². The third-order valence-corrected chi connectivity index (χ3v) is 4.48. The van der Waals surface area contributed by atoms with Gasteiger partial charge in [0.1, 0.15) is 0 Å². The number of hydrogen-bond donors (Lipinski definition) is 1. The summed E-state index contributed by atoms with van der Waals surface area (Å²) in [5.41, 5.74) is 3.73. The van der Waals surface area contributed by atoms with Crippen molar-refractivity contribution in [3.8, 4) is 11.1 Å². The fraction of sp³-hybridized carbons (Fsp3) is 0.222. The molecule has 124 valence electrons. The normalized spacial score (nSPS) is 10.7. The van der Waals surface area contributed by atoms with E-state index in [0.717, 1.165) is 16.7 Å². The van der Waals surface area contributed by atoms with Gasteiger partial charge in [-0.25, -0.2) is 0 Å². The van der Waals surface area contributed by atoms with Crippen LogP contribution in [0.2, 0.25) is 0 Å². The third kappa shape index (κ3) is 3.90. The van der Waals surface area contributed by atoms with Crippen LogP contribution in [0.3, 0.4) is 0 Å². The monoisotopic (exact) mass is 341 g/mol. The summed E-state index contributed by atoms with van der Waals surface area (Å²) in [6, 6.07) is 9.66. The molecule has 24 heavy (non-hydrogen) atoms. The first kappa shape index (κ1) is 16.4. The molecular weight excluding hydrogens is 322 g/mol. The topological polar surface area (TPSA) is 58.2 Å². The lowest BCUT2D eigenvalue weighted by atomic mass is 10.1. The van der Waals surface area contributed by atoms with Crippen molar-refractivity contribution in [1.82, 2.24) is 15.1 Å². The van der Waals surface area contributed by atoms with Crippen LogP contribution in [0.25, 0.3) is 11.1 Å². The van der Waals surface area contributed by atoms with Crippen LogP contribution in [0.5, 0.6) is 0 Å². The highest BCUT2D eigenvalue weighted by molar-refractivity contribution is 7.07. The van der Waals surface area contributed by atoms with Gasteiger partial charge >= 0.3 is 0 Å². The van der Waals surface area contributed by atoms with E-state index in [2.05, 4.69) is 15.6 Å². The average molecular weight is 341 g/mol. The van der Waals surface area contributed by atoms with E-state index in [1.54, 1.807) is 24.6 Å². The number of thiophene rings is 1. The van der Waals surface area contributed by atoms with Crippen molar-refractivity contribution < 1.29 is 9.53 Å². The molecule has 0 spiro atoms. The highest BCUT2D eigenvalue weighted by Gasteiger charge is 2.17. The van der Waals surface area contributed by atoms with E-state index in [-0.39, 0.29) is 5.91 Å². The molecule has 5 nitrogen and oxygen atoms in total. The number of aromatic amines is 1. The molecule has 0 bridgehead atoms. The molecule has 1 amide bonds. The molecule has 0 radical (unpaired) electrons. The number of carbonyl (C=O) groups is 1. The molecule has 0 fully saturated rings. The SMILES string of the molecule is COCCN(Cc1ccsc1)C(=O)c1cccc(-c2cn[nH]c2)c1. The molecule has 0 atom stereocenters. The van der Waals surface area contributed by atoms with E-state index in [1.165, 1.54) is 0 Å².